The molecule has 0 saturated heterocycles. The molecule has 1 aliphatic carbocycles. The predicted molar refractivity (Wildman–Crippen MR) is 235 cm³/mol. The maximum absolute atomic E-state index is 15.1. The van der Waals surface area contributed by atoms with E-state index < -0.39 is 137 Å². The summed E-state index contributed by atoms with van der Waals surface area (Å²) in [4.78, 5) is 155. The number of nitrogens with one attached hydrogen (secondary N) is 4. The molecule has 25 nitrogen and oxygen atoms in total. The molecule has 0 aromatic carbocycles. The minimum Gasteiger partial charge on any atom is -0.480 e. The van der Waals surface area contributed by atoms with Crippen LogP contribution in [-0.2, 0) is 43.2 Å². The minimum absolute atomic E-state index is 0.00856. The third-order valence-electron chi connectivity index (χ3n) is 10.1. The Labute approximate surface area is 390 Å². The van der Waals surface area contributed by atoms with E-state index in [4.69, 9.17) is 21.7 Å². The quantitative estimate of drug-likeness (QED) is 0.0441. The predicted octanol–water partition coefficient (Wildman–Crippen LogP) is -1.34. The SMILES string of the molecule is CC(=O)c1cc(C(SC[C@H](NC(=O)CC[C@H](N)C(=O)O)C(=O)NCC(=O)O)C2CCCC(C(SC[C@H](NC(=O)CC[C@@H](N)C(=O)O)C(=O)NCC(=O)O)c3nccc(C(C)=O)n3)C2=O)ncn1. The number of carbonyl (C=O) groups excluding carboxylic acids is 7. The van der Waals surface area contributed by atoms with Crippen LogP contribution >= 0.6 is 23.5 Å². The van der Waals surface area contributed by atoms with E-state index in [0.717, 1.165) is 29.9 Å². The number of aromatic nitrogens is 4. The molecule has 0 radical (unpaired) electrons. The Balaban J connectivity index is 2.08. The zero-order valence-electron chi connectivity index (χ0n) is 36.2. The van der Waals surface area contributed by atoms with Crippen LogP contribution in [0, 0.1) is 11.8 Å². The standard InChI is InChI=1S/C40H52N10O15S2/c1-18(51)24-10-11-43-36(50-24)35(67-16-28(38(61)45-14-32(57)58)49-30(54)9-7-23(42)40(64)65)21-5-3-4-20(33(21)59)34(26-12-25(19(2)52)46-17-47-26)66-15-27(37(60)44-13-31(55)56)48-29(53)8-6-22(41)39(62)63/h10-12,17,20-23,27-28,34-35H,3-9,13-16,41-42H2,1-2H3,(H,44,60)(H,45,61)(H,48,53)(H,49,54)(H,55,56)(H,57,58)(H,62,63)(H,64,65)/t20?,21?,22-,23+,27-,28-,34?,35?/m0/s1. The van der Waals surface area contributed by atoms with Crippen molar-refractivity contribution in [3.63, 3.8) is 0 Å². The van der Waals surface area contributed by atoms with Crippen LogP contribution in [0.3, 0.4) is 0 Å². The van der Waals surface area contributed by atoms with Gasteiger partial charge in [0.25, 0.3) is 0 Å². The monoisotopic (exact) mass is 976 g/mol. The number of nitrogens with two attached hydrogens (primary N) is 2. The Morgan fingerprint density at radius 2 is 1.18 bits per heavy atom. The van der Waals surface area contributed by atoms with Crippen molar-refractivity contribution < 1.29 is 73.2 Å². The first-order valence-electron chi connectivity index (χ1n) is 20.6. The zero-order chi connectivity index (χ0) is 50.0. The summed E-state index contributed by atoms with van der Waals surface area (Å²) in [5.41, 5.74) is 11.2. The molecule has 8 atom stereocenters. The van der Waals surface area contributed by atoms with Gasteiger partial charge >= 0.3 is 23.9 Å². The second kappa shape index (κ2) is 26.6. The molecule has 2 aromatic heterocycles. The van der Waals surface area contributed by atoms with E-state index in [1.165, 1.54) is 32.2 Å². The lowest BCUT2D eigenvalue weighted by atomic mass is 9.76. The first kappa shape index (κ1) is 54.9. The Morgan fingerprint density at radius 3 is 1.64 bits per heavy atom. The molecule has 4 unspecified atom stereocenters. The molecule has 0 bridgehead atoms. The summed E-state index contributed by atoms with van der Waals surface area (Å²) in [5, 5.41) is 44.1. The molecule has 364 valence electrons. The lowest BCUT2D eigenvalue weighted by Gasteiger charge is -2.36. The zero-order valence-corrected chi connectivity index (χ0v) is 37.9. The number of carboxylic acids is 4. The summed E-state index contributed by atoms with van der Waals surface area (Å²) >= 11 is 1.91. The lowest BCUT2D eigenvalue weighted by Crippen LogP contribution is -2.50. The van der Waals surface area contributed by atoms with Gasteiger partial charge in [0.15, 0.2) is 11.6 Å². The highest BCUT2D eigenvalue weighted by Gasteiger charge is 2.44. The fourth-order valence-electron chi connectivity index (χ4n) is 6.61. The molecular weight excluding hydrogens is 925 g/mol. The Kier molecular flexibility index (Phi) is 21.8. The van der Waals surface area contributed by atoms with Gasteiger partial charge in [-0.15, -0.1) is 23.5 Å². The van der Waals surface area contributed by atoms with E-state index in [2.05, 4.69) is 41.2 Å². The summed E-state index contributed by atoms with van der Waals surface area (Å²) in [6.45, 7) is 0.862. The van der Waals surface area contributed by atoms with Crippen molar-refractivity contribution in [2.45, 2.75) is 93.5 Å². The largest absolute Gasteiger partial charge is 0.480 e. The highest BCUT2D eigenvalue weighted by atomic mass is 32.2. The van der Waals surface area contributed by atoms with Crippen molar-refractivity contribution >= 4 is 88.4 Å². The summed E-state index contributed by atoms with van der Waals surface area (Å²) in [5.74, 6) is -12.9. The molecule has 2 aromatic rings. The number of ketones is 3. The maximum atomic E-state index is 15.1. The first-order chi connectivity index (χ1) is 31.6. The van der Waals surface area contributed by atoms with Crippen LogP contribution in [0.2, 0.25) is 0 Å². The van der Waals surface area contributed by atoms with Crippen molar-refractivity contribution in [1.82, 2.24) is 41.2 Å². The fourth-order valence-corrected chi connectivity index (χ4v) is 9.45. The number of nitrogens with zero attached hydrogens (tertiary/aromatic N) is 4. The Morgan fingerprint density at radius 1 is 0.701 bits per heavy atom. The van der Waals surface area contributed by atoms with Crippen molar-refractivity contribution in [3.8, 4) is 0 Å². The van der Waals surface area contributed by atoms with Gasteiger partial charge in [-0.05, 0) is 37.8 Å². The van der Waals surface area contributed by atoms with Crippen LogP contribution in [0.4, 0.5) is 0 Å². The number of rotatable bonds is 28. The van der Waals surface area contributed by atoms with Gasteiger partial charge in [0.2, 0.25) is 23.6 Å². The topological polar surface area (TPSA) is 420 Å². The van der Waals surface area contributed by atoms with Gasteiger partial charge in [-0.3, -0.25) is 52.7 Å². The third-order valence-corrected chi connectivity index (χ3v) is 13.0. The number of hydrogen-bond donors (Lipinski definition) is 10. The second-order valence-electron chi connectivity index (χ2n) is 15.2. The molecule has 2 heterocycles. The molecule has 1 saturated carbocycles. The molecule has 27 heteroatoms. The molecule has 0 aliphatic heterocycles. The van der Waals surface area contributed by atoms with Crippen molar-refractivity contribution in [3.05, 3.63) is 47.6 Å². The molecule has 1 aliphatic rings. The number of thioether (sulfide) groups is 2. The van der Waals surface area contributed by atoms with Gasteiger partial charge in [-0.1, -0.05) is 6.42 Å². The van der Waals surface area contributed by atoms with Gasteiger partial charge in [0, 0.05) is 56.2 Å². The van der Waals surface area contributed by atoms with Crippen LogP contribution in [0.15, 0.2) is 24.7 Å². The molecule has 0 spiro atoms. The van der Waals surface area contributed by atoms with Crippen LogP contribution in [0.25, 0.3) is 0 Å². The fraction of sp³-hybridized carbons (Fsp3) is 0.525. The van der Waals surface area contributed by atoms with Crippen molar-refractivity contribution in [2.24, 2.45) is 23.3 Å². The number of aliphatic carboxylic acids is 4. The highest BCUT2D eigenvalue weighted by Crippen LogP contribution is 2.48. The van der Waals surface area contributed by atoms with Gasteiger partial charge in [-0.25, -0.2) is 19.9 Å². The average Bonchev–Trinajstić information content (AvgIpc) is 3.28. The minimum atomic E-state index is -1.46. The van der Waals surface area contributed by atoms with Gasteiger partial charge in [-0.2, -0.15) is 0 Å². The number of carbonyl (C=O) groups is 11. The summed E-state index contributed by atoms with van der Waals surface area (Å²) in [6, 6.07) is -2.99. The van der Waals surface area contributed by atoms with E-state index in [0.29, 0.717) is 6.42 Å². The first-order valence-corrected chi connectivity index (χ1v) is 22.7. The van der Waals surface area contributed by atoms with Crippen molar-refractivity contribution in [1.29, 1.82) is 0 Å². The Hall–Kier alpha value is -6.45. The Bertz CT molecular complexity index is 2050. The summed E-state index contributed by atoms with van der Waals surface area (Å²) in [7, 11) is 0. The van der Waals surface area contributed by atoms with Gasteiger partial charge < -0.3 is 53.2 Å². The molecular formula is C40H52N10O15S2. The van der Waals surface area contributed by atoms with Crippen LogP contribution in [0.1, 0.15) is 102 Å². The number of Topliss-reactive ketones (excluding diaryl/α,β-unsaturated/α-hetero) is 3. The van der Waals surface area contributed by atoms with E-state index in [1.54, 1.807) is 0 Å². The van der Waals surface area contributed by atoms with E-state index >= 15 is 4.79 Å². The number of amides is 4. The highest BCUT2D eigenvalue weighted by molar-refractivity contribution is 7.99. The second-order valence-corrected chi connectivity index (χ2v) is 17.6. The van der Waals surface area contributed by atoms with E-state index in [9.17, 15) is 58.2 Å². The molecule has 3 rings (SSSR count). The third kappa shape index (κ3) is 17.7. The molecule has 67 heavy (non-hydrogen) atoms. The number of carboxylic acid groups (broad SMARTS) is 4. The summed E-state index contributed by atoms with van der Waals surface area (Å²) in [6.07, 6.45) is 1.73. The molecule has 12 N–H and O–H groups in total. The normalized spacial score (nSPS) is 17.3. The van der Waals surface area contributed by atoms with Gasteiger partial charge in [0.05, 0.1) is 16.2 Å². The maximum Gasteiger partial charge on any atom is 0.322 e. The molecule has 1 fully saturated rings. The van der Waals surface area contributed by atoms with Crippen LogP contribution in [0.5, 0.6) is 0 Å². The van der Waals surface area contributed by atoms with Crippen molar-refractivity contribution in [2.75, 3.05) is 24.6 Å². The van der Waals surface area contributed by atoms with E-state index in [1.807, 2.05) is 0 Å². The van der Waals surface area contributed by atoms with Crippen LogP contribution in [-0.4, -0.2) is 154 Å². The van der Waals surface area contributed by atoms with Crippen LogP contribution < -0.4 is 32.7 Å². The summed E-state index contributed by atoms with van der Waals surface area (Å²) < 4.78 is 0. The average molecular weight is 977 g/mol. The smallest absolute Gasteiger partial charge is 0.322 e. The molecule has 4 amide bonds. The number of hydrogen-bond acceptors (Lipinski definition) is 19. The van der Waals surface area contributed by atoms with E-state index in [-0.39, 0.29) is 60.1 Å². The lowest BCUT2D eigenvalue weighted by molar-refractivity contribution is -0.140. The van der Waals surface area contributed by atoms with Gasteiger partial charge in [0.1, 0.15) is 66.6 Å².